The standard InChI is InChI=1S/C14H21NO5.C12H19NO3.C11H17NO4.C11H17NO3.C11H19NO3.C9H15NO3/c1-12(16)2-3-13(17)18-9-8-15-6-4-14(5-7-15)19-10-11-20-14;1-11(14)5-6-12(15)16-10-9-13-7-3-2-4-8-13;1-10(13)2-3-11(14)16-9-6-12-4-7-15-8-5-12;1-10(13)4-5-11(14)15-9-8-12-6-2-3-7-12;1-4-12(5-2)8-9-15-11(14)7-6-10(3)13;1-8(11)4-5-9(12)13-7-6-10(2)3/h2-3H,4-11H2,1H3;5-6H,2-4,7-10H2,1H3;2-3H,4-9H2,1H3;4-5H,2-3,6-9H2,1H3;6-7H,4-5,8-9H2,1-3H3;4-5H,6-7H2,1-3H3/b3-2+;6-5+;3-2+;5-4+;7-6+;5-4+. The van der Waals surface area contributed by atoms with Crippen molar-refractivity contribution in [2.24, 2.45) is 0 Å². The van der Waals surface area contributed by atoms with E-state index >= 15 is 0 Å². The molecule has 27 heteroatoms. The Labute approximate surface area is 562 Å². The van der Waals surface area contributed by atoms with Gasteiger partial charge in [0.05, 0.1) is 26.4 Å². The van der Waals surface area contributed by atoms with Crippen LogP contribution in [0.2, 0.25) is 0 Å². The Hall–Kier alpha value is -7.08. The smallest absolute Gasteiger partial charge is 0.330 e. The molecule has 536 valence electrons. The van der Waals surface area contributed by atoms with Gasteiger partial charge >= 0.3 is 35.8 Å². The maximum atomic E-state index is 11.3. The quantitative estimate of drug-likeness (QED) is 0.0526. The number of esters is 6. The lowest BCUT2D eigenvalue weighted by Gasteiger charge is -2.37. The van der Waals surface area contributed by atoms with Gasteiger partial charge in [-0.25, -0.2) is 28.8 Å². The van der Waals surface area contributed by atoms with Gasteiger partial charge in [0.25, 0.3) is 0 Å². The highest BCUT2D eigenvalue weighted by Gasteiger charge is 2.39. The van der Waals surface area contributed by atoms with Crippen molar-refractivity contribution < 1.29 is 100 Å². The Balaban J connectivity index is 0.00000112. The van der Waals surface area contributed by atoms with Crippen molar-refractivity contribution >= 4 is 70.5 Å². The number of allylic oxidation sites excluding steroid dienone is 6. The molecule has 1 spiro atoms. The molecule has 0 unspecified atom stereocenters. The predicted octanol–water partition coefficient (Wildman–Crippen LogP) is 3.71. The Morgan fingerprint density at radius 2 is 0.611 bits per heavy atom. The van der Waals surface area contributed by atoms with Crippen molar-refractivity contribution in [3.05, 3.63) is 72.9 Å². The van der Waals surface area contributed by atoms with E-state index in [0.29, 0.717) is 72.5 Å². The number of nitrogens with zero attached hydrogens (tertiary/aromatic N) is 6. The number of ketones is 6. The fraction of sp³-hybridized carbons (Fsp3) is 0.647. The molecule has 0 aromatic carbocycles. The molecule has 5 aliphatic rings. The zero-order valence-corrected chi connectivity index (χ0v) is 58.0. The summed E-state index contributed by atoms with van der Waals surface area (Å²) in [6.45, 7) is 31.6. The third-order valence-corrected chi connectivity index (χ3v) is 13.8. The normalized spacial score (nSPS) is 16.5. The molecule has 0 saturated carbocycles. The number of hydrogen-bond donors (Lipinski definition) is 0. The number of carbonyl (C=O) groups excluding carboxylic acids is 12. The first kappa shape index (κ1) is 87.9. The van der Waals surface area contributed by atoms with Crippen molar-refractivity contribution in [2.45, 2.75) is 106 Å². The van der Waals surface area contributed by atoms with Gasteiger partial charge < -0.3 is 52.4 Å². The summed E-state index contributed by atoms with van der Waals surface area (Å²) in [5, 5.41) is 0. The van der Waals surface area contributed by atoms with Crippen LogP contribution in [0.15, 0.2) is 72.9 Å². The minimum absolute atomic E-state index is 0.145. The topological polar surface area (TPSA) is 307 Å². The molecule has 0 atom stereocenters. The van der Waals surface area contributed by atoms with E-state index in [9.17, 15) is 57.5 Å². The van der Waals surface area contributed by atoms with Gasteiger partial charge in [-0.2, -0.15) is 0 Å². The lowest BCUT2D eigenvalue weighted by molar-refractivity contribution is -0.186. The van der Waals surface area contributed by atoms with Crippen molar-refractivity contribution in [3.63, 3.8) is 0 Å². The minimum Gasteiger partial charge on any atom is -0.461 e. The second-order valence-electron chi connectivity index (χ2n) is 22.4. The molecule has 0 aromatic heterocycles. The van der Waals surface area contributed by atoms with Crippen LogP contribution in [-0.4, -0.2) is 291 Å². The minimum atomic E-state index is -0.476. The Kier molecular flexibility index (Phi) is 51.9. The average Bonchev–Trinajstić information content (AvgIpc) is 1.85. The van der Waals surface area contributed by atoms with Crippen molar-refractivity contribution in [2.75, 3.05) is 185 Å². The van der Waals surface area contributed by atoms with Gasteiger partial charge in [-0.1, -0.05) is 20.3 Å². The number of ether oxygens (including phenoxy) is 9. The molecule has 0 aliphatic carbocycles. The highest BCUT2D eigenvalue weighted by atomic mass is 16.7. The molecule has 5 saturated heterocycles. The van der Waals surface area contributed by atoms with Crippen molar-refractivity contribution in [1.29, 1.82) is 0 Å². The predicted molar refractivity (Wildman–Crippen MR) is 355 cm³/mol. The molecule has 0 bridgehead atoms. The summed E-state index contributed by atoms with van der Waals surface area (Å²) in [7, 11) is 3.78. The zero-order chi connectivity index (χ0) is 71.1. The molecular formula is C68H108N6O21. The summed E-state index contributed by atoms with van der Waals surface area (Å²) in [6, 6.07) is 0. The van der Waals surface area contributed by atoms with Gasteiger partial charge in [-0.05, 0) is 157 Å². The van der Waals surface area contributed by atoms with E-state index in [-0.39, 0.29) is 40.5 Å². The van der Waals surface area contributed by atoms with Gasteiger partial charge in [0.1, 0.15) is 39.6 Å². The summed E-state index contributed by atoms with van der Waals surface area (Å²) < 4.78 is 46.1. The van der Waals surface area contributed by atoms with Gasteiger partial charge in [0.2, 0.25) is 0 Å². The first-order valence-electron chi connectivity index (χ1n) is 32.5. The summed E-state index contributed by atoms with van der Waals surface area (Å²) >= 11 is 0. The second-order valence-corrected chi connectivity index (χ2v) is 22.4. The number of likely N-dealkylation sites (N-methyl/N-ethyl adjacent to an activating group) is 2. The first-order chi connectivity index (χ1) is 45.3. The number of likely N-dealkylation sites (tertiary alicyclic amines) is 3. The molecule has 0 amide bonds. The molecule has 5 aliphatic heterocycles. The highest BCUT2D eigenvalue weighted by Crippen LogP contribution is 2.31. The second kappa shape index (κ2) is 56.1. The largest absolute Gasteiger partial charge is 0.461 e. The van der Waals surface area contributed by atoms with Gasteiger partial charge in [-0.3, -0.25) is 48.4 Å². The number of rotatable bonds is 32. The average molecular weight is 1350 g/mol. The molecule has 95 heavy (non-hydrogen) atoms. The van der Waals surface area contributed by atoms with E-state index in [1.165, 1.54) is 122 Å². The third-order valence-electron chi connectivity index (χ3n) is 13.8. The monoisotopic (exact) mass is 1340 g/mol. The van der Waals surface area contributed by atoms with Crippen LogP contribution in [0, 0.1) is 0 Å². The Morgan fingerprint density at radius 3 is 0.895 bits per heavy atom. The van der Waals surface area contributed by atoms with E-state index < -0.39 is 35.8 Å². The van der Waals surface area contributed by atoms with Crippen LogP contribution in [0.5, 0.6) is 0 Å². The van der Waals surface area contributed by atoms with Crippen LogP contribution < -0.4 is 0 Å². The van der Waals surface area contributed by atoms with Crippen LogP contribution >= 0.6 is 0 Å². The van der Waals surface area contributed by atoms with E-state index in [1.807, 2.05) is 19.0 Å². The van der Waals surface area contributed by atoms with E-state index in [4.69, 9.17) is 42.6 Å². The highest BCUT2D eigenvalue weighted by molar-refractivity contribution is 5.97. The van der Waals surface area contributed by atoms with Gasteiger partial charge in [-0.15, -0.1) is 0 Å². The summed E-state index contributed by atoms with van der Waals surface area (Å²) in [5.74, 6) is -4.06. The van der Waals surface area contributed by atoms with Crippen LogP contribution in [0.4, 0.5) is 0 Å². The number of carbonyl (C=O) groups is 12. The van der Waals surface area contributed by atoms with Crippen LogP contribution in [-0.2, 0) is 100 Å². The molecule has 5 rings (SSSR count). The molecular weight excluding hydrogens is 1240 g/mol. The number of morpholine rings is 1. The zero-order valence-electron chi connectivity index (χ0n) is 58.0. The summed E-state index contributed by atoms with van der Waals surface area (Å²) in [6.07, 6.45) is 22.2. The first-order valence-corrected chi connectivity index (χ1v) is 32.5. The fourth-order valence-electron chi connectivity index (χ4n) is 8.56. The lowest BCUT2D eigenvalue weighted by atomic mass is 10.0. The Bertz CT molecular complexity index is 2380. The number of hydrogen-bond acceptors (Lipinski definition) is 27. The third kappa shape index (κ3) is 54.8. The molecule has 5 fully saturated rings. The van der Waals surface area contributed by atoms with Crippen LogP contribution in [0.3, 0.4) is 0 Å². The van der Waals surface area contributed by atoms with E-state index in [1.54, 1.807) is 0 Å². The van der Waals surface area contributed by atoms with Crippen molar-refractivity contribution in [1.82, 2.24) is 29.4 Å². The summed E-state index contributed by atoms with van der Waals surface area (Å²) in [4.78, 5) is 143. The molecule has 0 aromatic rings. The molecule has 5 heterocycles. The maximum Gasteiger partial charge on any atom is 0.330 e. The van der Waals surface area contributed by atoms with Gasteiger partial charge in [0.15, 0.2) is 40.5 Å². The van der Waals surface area contributed by atoms with E-state index in [2.05, 4.69) is 38.3 Å². The Morgan fingerprint density at radius 1 is 0.347 bits per heavy atom. The van der Waals surface area contributed by atoms with Crippen LogP contribution in [0.25, 0.3) is 0 Å². The number of piperidine rings is 2. The van der Waals surface area contributed by atoms with E-state index in [0.717, 1.165) is 135 Å². The van der Waals surface area contributed by atoms with Gasteiger partial charge in [0, 0.05) is 115 Å². The SMILES string of the molecule is CC(=O)/C=C/C(=O)OCCN(C)C.CC(=O)/C=C/C(=O)OCCN1CCC2(CC1)OCCO2.CC(=O)/C=C/C(=O)OCCN1CCCC1.CC(=O)/C=C/C(=O)OCCN1CCCCC1.CC(=O)/C=C/C(=O)OCCN1CCOCC1.CCN(CC)CCOC(=O)/C=C/C(C)=O. The lowest BCUT2D eigenvalue weighted by Crippen LogP contribution is -2.46. The van der Waals surface area contributed by atoms with Crippen LogP contribution in [0.1, 0.15) is 100 Å². The fourth-order valence-corrected chi connectivity index (χ4v) is 8.56. The van der Waals surface area contributed by atoms with Crippen molar-refractivity contribution in [3.8, 4) is 0 Å². The summed E-state index contributed by atoms with van der Waals surface area (Å²) in [5.41, 5.74) is 0. The molecule has 0 N–H and O–H groups in total. The maximum absolute atomic E-state index is 11.3. The molecule has 0 radical (unpaired) electrons. The molecule has 27 nitrogen and oxygen atoms in total.